The number of carbonyl (C=O) groups excluding carboxylic acids is 3. The topological polar surface area (TPSA) is 97.4 Å². The normalized spacial score (nSPS) is 10.5. The second-order valence-electron chi connectivity index (χ2n) is 10.0. The Morgan fingerprint density at radius 1 is 0.705 bits per heavy atom. The Bertz CT molecular complexity index is 1560. The molecular formula is C35H35FO8. The van der Waals surface area contributed by atoms with Crippen LogP contribution in [0.15, 0.2) is 97.1 Å². The summed E-state index contributed by atoms with van der Waals surface area (Å²) in [5, 5.41) is 0. The Hall–Kier alpha value is -5.02. The van der Waals surface area contributed by atoms with Crippen LogP contribution in [-0.2, 0) is 23.8 Å². The van der Waals surface area contributed by atoms with Crippen molar-refractivity contribution in [3.8, 4) is 33.8 Å². The van der Waals surface area contributed by atoms with Crippen molar-refractivity contribution in [2.45, 2.75) is 20.8 Å². The number of esters is 3. The van der Waals surface area contributed by atoms with Crippen LogP contribution in [0.25, 0.3) is 22.3 Å². The molecule has 0 heterocycles. The molecule has 0 unspecified atom stereocenters. The summed E-state index contributed by atoms with van der Waals surface area (Å²) in [4.78, 5) is 36.3. The van der Waals surface area contributed by atoms with Gasteiger partial charge in [-0.05, 0) is 67.8 Å². The predicted octanol–water partition coefficient (Wildman–Crippen LogP) is 6.89. The summed E-state index contributed by atoms with van der Waals surface area (Å²) in [7, 11) is 0. The maximum Gasteiger partial charge on any atom is 0.342 e. The quantitative estimate of drug-likeness (QED) is 0.0610. The molecule has 0 spiro atoms. The van der Waals surface area contributed by atoms with Crippen molar-refractivity contribution >= 4 is 17.9 Å². The highest BCUT2D eigenvalue weighted by Crippen LogP contribution is 2.32. The van der Waals surface area contributed by atoms with Crippen LogP contribution in [0.4, 0.5) is 4.39 Å². The monoisotopic (exact) mass is 602 g/mol. The summed E-state index contributed by atoms with van der Waals surface area (Å²) < 4.78 is 42.1. The van der Waals surface area contributed by atoms with Gasteiger partial charge in [-0.3, -0.25) is 0 Å². The Labute approximate surface area is 256 Å². The number of halogens is 1. The van der Waals surface area contributed by atoms with Gasteiger partial charge < -0.3 is 23.7 Å². The average molecular weight is 603 g/mol. The molecule has 230 valence electrons. The molecule has 0 saturated heterocycles. The molecule has 0 aliphatic rings. The first-order valence-electron chi connectivity index (χ1n) is 13.7. The van der Waals surface area contributed by atoms with Crippen LogP contribution in [0.5, 0.6) is 11.5 Å². The van der Waals surface area contributed by atoms with Crippen molar-refractivity contribution in [1.82, 2.24) is 0 Å². The van der Waals surface area contributed by atoms with Crippen LogP contribution in [0.2, 0.25) is 0 Å². The second kappa shape index (κ2) is 16.0. The first-order chi connectivity index (χ1) is 21.0. The second-order valence-corrected chi connectivity index (χ2v) is 10.0. The highest BCUT2D eigenvalue weighted by atomic mass is 19.1. The summed E-state index contributed by atoms with van der Waals surface area (Å²) in [6.07, 6.45) is 0. The van der Waals surface area contributed by atoms with E-state index in [1.807, 2.05) is 6.92 Å². The Kier molecular flexibility index (Phi) is 12.2. The van der Waals surface area contributed by atoms with Crippen LogP contribution >= 0.6 is 0 Å². The van der Waals surface area contributed by atoms with Gasteiger partial charge in [-0.2, -0.15) is 0 Å². The summed E-state index contributed by atoms with van der Waals surface area (Å²) >= 11 is 0. The molecule has 44 heavy (non-hydrogen) atoms. The molecule has 0 fully saturated rings. The standard InChI is InChI=1S/C35H35FO8/c1-22(2)21-40-15-16-43-35(39)30-14-10-27(20-32(30)41-17-18-42-33(37)23(3)4)26-9-13-29(31(36)19-26)25-7-11-28(12-8-25)44-34(38)24(5)6/h7-14,19-20H,1,3,5,15-18,21H2,2,4,6H3. The van der Waals surface area contributed by atoms with Gasteiger partial charge in [0.1, 0.15) is 42.7 Å². The average Bonchev–Trinajstić information content (AvgIpc) is 2.99. The summed E-state index contributed by atoms with van der Waals surface area (Å²) in [6.45, 7) is 16.2. The zero-order valence-electron chi connectivity index (χ0n) is 25.1. The fourth-order valence-corrected chi connectivity index (χ4v) is 3.74. The molecule has 0 bridgehead atoms. The molecule has 0 N–H and O–H groups in total. The third kappa shape index (κ3) is 9.78. The fraction of sp³-hybridized carbons (Fsp3) is 0.229. The highest BCUT2D eigenvalue weighted by Gasteiger charge is 2.17. The van der Waals surface area contributed by atoms with Gasteiger partial charge in [-0.15, -0.1) is 0 Å². The highest BCUT2D eigenvalue weighted by molar-refractivity contribution is 5.93. The van der Waals surface area contributed by atoms with Gasteiger partial charge in [0, 0.05) is 16.7 Å². The lowest BCUT2D eigenvalue weighted by molar-refractivity contribution is -0.139. The van der Waals surface area contributed by atoms with Crippen LogP contribution < -0.4 is 9.47 Å². The summed E-state index contributed by atoms with van der Waals surface area (Å²) in [6, 6.07) is 16.0. The van der Waals surface area contributed by atoms with Crippen molar-refractivity contribution in [2.24, 2.45) is 0 Å². The van der Waals surface area contributed by atoms with E-state index < -0.39 is 23.7 Å². The number of ether oxygens (including phenoxy) is 5. The molecule has 0 amide bonds. The van der Waals surface area contributed by atoms with Crippen molar-refractivity contribution in [1.29, 1.82) is 0 Å². The molecule has 9 heteroatoms. The molecule has 0 radical (unpaired) electrons. The van der Waals surface area contributed by atoms with Gasteiger partial charge in [0.05, 0.1) is 13.2 Å². The molecule has 0 aliphatic heterocycles. The zero-order valence-corrected chi connectivity index (χ0v) is 25.1. The SMILES string of the molecule is C=C(C)COCCOC(=O)c1ccc(-c2ccc(-c3ccc(OC(=O)C(=C)C)cc3)c(F)c2)cc1OCCOC(=O)C(=C)C. The Morgan fingerprint density at radius 3 is 1.95 bits per heavy atom. The maximum atomic E-state index is 15.3. The Balaban J connectivity index is 1.80. The van der Waals surface area contributed by atoms with Gasteiger partial charge in [-0.1, -0.05) is 55.6 Å². The van der Waals surface area contributed by atoms with Gasteiger partial charge in [0.25, 0.3) is 0 Å². The van der Waals surface area contributed by atoms with Crippen molar-refractivity contribution < 1.29 is 42.5 Å². The van der Waals surface area contributed by atoms with E-state index in [4.69, 9.17) is 23.7 Å². The molecule has 3 rings (SSSR count). The van der Waals surface area contributed by atoms with E-state index in [-0.39, 0.29) is 48.9 Å². The van der Waals surface area contributed by atoms with Crippen molar-refractivity contribution in [3.63, 3.8) is 0 Å². The van der Waals surface area contributed by atoms with Crippen LogP contribution in [-0.4, -0.2) is 50.9 Å². The molecular weight excluding hydrogens is 567 g/mol. The van der Waals surface area contributed by atoms with Crippen LogP contribution in [0, 0.1) is 5.82 Å². The van der Waals surface area contributed by atoms with Gasteiger partial charge in [0.2, 0.25) is 0 Å². The van der Waals surface area contributed by atoms with E-state index in [2.05, 4.69) is 19.7 Å². The maximum absolute atomic E-state index is 15.3. The van der Waals surface area contributed by atoms with Gasteiger partial charge in [-0.25, -0.2) is 18.8 Å². The number of benzene rings is 3. The fourth-order valence-electron chi connectivity index (χ4n) is 3.74. The minimum absolute atomic E-state index is 0.0213. The first-order valence-corrected chi connectivity index (χ1v) is 13.7. The van der Waals surface area contributed by atoms with E-state index >= 15 is 4.39 Å². The number of rotatable bonds is 15. The largest absolute Gasteiger partial charge is 0.489 e. The first kappa shape index (κ1) is 33.5. The lowest BCUT2D eigenvalue weighted by Gasteiger charge is -2.14. The van der Waals surface area contributed by atoms with E-state index in [1.54, 1.807) is 55.5 Å². The minimum Gasteiger partial charge on any atom is -0.489 e. The predicted molar refractivity (Wildman–Crippen MR) is 165 cm³/mol. The van der Waals surface area contributed by atoms with E-state index in [1.165, 1.54) is 19.1 Å². The third-order valence-electron chi connectivity index (χ3n) is 5.96. The number of carbonyl (C=O) groups is 3. The summed E-state index contributed by atoms with van der Waals surface area (Å²) in [5.74, 6) is -1.74. The number of hydrogen-bond donors (Lipinski definition) is 0. The summed E-state index contributed by atoms with van der Waals surface area (Å²) in [5.41, 5.74) is 3.54. The van der Waals surface area contributed by atoms with E-state index in [9.17, 15) is 14.4 Å². The van der Waals surface area contributed by atoms with Crippen molar-refractivity contribution in [2.75, 3.05) is 33.0 Å². The molecule has 0 saturated carbocycles. The molecule has 3 aromatic carbocycles. The Morgan fingerprint density at radius 2 is 1.32 bits per heavy atom. The smallest absolute Gasteiger partial charge is 0.342 e. The van der Waals surface area contributed by atoms with E-state index in [0.717, 1.165) is 5.57 Å². The minimum atomic E-state index is -0.636. The van der Waals surface area contributed by atoms with Gasteiger partial charge >= 0.3 is 17.9 Å². The zero-order chi connectivity index (χ0) is 32.2. The van der Waals surface area contributed by atoms with Crippen molar-refractivity contribution in [3.05, 3.63) is 109 Å². The molecule has 0 atom stereocenters. The lowest BCUT2D eigenvalue weighted by atomic mass is 9.98. The van der Waals surface area contributed by atoms with Crippen LogP contribution in [0.1, 0.15) is 31.1 Å². The molecule has 0 aromatic heterocycles. The molecule has 0 aliphatic carbocycles. The lowest BCUT2D eigenvalue weighted by Crippen LogP contribution is -2.15. The van der Waals surface area contributed by atoms with Crippen LogP contribution in [0.3, 0.4) is 0 Å². The molecule has 8 nitrogen and oxygen atoms in total. The van der Waals surface area contributed by atoms with E-state index in [0.29, 0.717) is 34.6 Å². The van der Waals surface area contributed by atoms with Gasteiger partial charge in [0.15, 0.2) is 0 Å². The number of hydrogen-bond acceptors (Lipinski definition) is 8. The third-order valence-corrected chi connectivity index (χ3v) is 5.96. The molecule has 3 aromatic rings.